The van der Waals surface area contributed by atoms with Gasteiger partial charge in [0.25, 0.3) is 0 Å². The van der Waals surface area contributed by atoms with Crippen molar-refractivity contribution in [3.05, 3.63) is 0 Å². The average Bonchev–Trinajstić information content (AvgIpc) is 2.27. The van der Waals surface area contributed by atoms with Crippen molar-refractivity contribution in [1.29, 1.82) is 0 Å². The number of hydrogen-bond acceptors (Lipinski definition) is 4. The van der Waals surface area contributed by atoms with Gasteiger partial charge in [-0.05, 0) is 27.3 Å². The lowest BCUT2D eigenvalue weighted by atomic mass is 10.2. The summed E-state index contributed by atoms with van der Waals surface area (Å²) < 4.78 is 4.97. The highest BCUT2D eigenvalue weighted by molar-refractivity contribution is 5.81. The minimum atomic E-state index is -0.174. The van der Waals surface area contributed by atoms with Crippen LogP contribution in [-0.2, 0) is 9.53 Å². The summed E-state index contributed by atoms with van der Waals surface area (Å²) in [5.41, 5.74) is 5.85. The summed E-state index contributed by atoms with van der Waals surface area (Å²) >= 11 is 0. The number of likely N-dealkylation sites (N-methyl/N-ethyl adjacent to an activating group) is 1. The van der Waals surface area contributed by atoms with E-state index in [2.05, 4.69) is 5.32 Å². The van der Waals surface area contributed by atoms with Gasteiger partial charge in [-0.25, -0.2) is 0 Å². The van der Waals surface area contributed by atoms with Crippen molar-refractivity contribution < 1.29 is 9.53 Å². The molecule has 0 aromatic carbocycles. The molecule has 0 saturated heterocycles. The largest absolute Gasteiger partial charge is 0.383 e. The van der Waals surface area contributed by atoms with Crippen LogP contribution in [0.15, 0.2) is 0 Å². The standard InChI is InChI=1S/C12H27N3O2/c1-6-9(2)14-12(16)10(3)15(4)7-11(13)8-17-5/h9-11H,6-8,13H2,1-5H3,(H,14,16). The summed E-state index contributed by atoms with van der Waals surface area (Å²) in [6.07, 6.45) is 0.936. The van der Waals surface area contributed by atoms with E-state index in [1.54, 1.807) is 7.11 Å². The molecule has 0 aromatic rings. The minimum absolute atomic E-state index is 0.0477. The first-order valence-electron chi connectivity index (χ1n) is 6.17. The summed E-state index contributed by atoms with van der Waals surface area (Å²) in [6, 6.07) is -0.0262. The number of methoxy groups -OCH3 is 1. The molecule has 3 unspecified atom stereocenters. The van der Waals surface area contributed by atoms with E-state index in [-0.39, 0.29) is 24.0 Å². The summed E-state index contributed by atoms with van der Waals surface area (Å²) in [5, 5.41) is 2.96. The summed E-state index contributed by atoms with van der Waals surface area (Å²) in [5.74, 6) is 0.0477. The van der Waals surface area contributed by atoms with Crippen LogP contribution in [0.1, 0.15) is 27.2 Å². The Morgan fingerprint density at radius 1 is 1.47 bits per heavy atom. The Labute approximate surface area is 105 Å². The van der Waals surface area contributed by atoms with Crippen LogP contribution in [0.4, 0.5) is 0 Å². The molecule has 3 N–H and O–H groups in total. The van der Waals surface area contributed by atoms with Gasteiger partial charge in [-0.3, -0.25) is 9.69 Å². The normalized spacial score (nSPS) is 16.6. The molecule has 0 aliphatic heterocycles. The lowest BCUT2D eigenvalue weighted by Crippen LogP contribution is -2.49. The van der Waals surface area contributed by atoms with Crippen LogP contribution in [0, 0.1) is 0 Å². The van der Waals surface area contributed by atoms with Gasteiger partial charge in [0.2, 0.25) is 5.91 Å². The zero-order chi connectivity index (χ0) is 13.4. The van der Waals surface area contributed by atoms with E-state index in [1.807, 2.05) is 32.7 Å². The maximum Gasteiger partial charge on any atom is 0.237 e. The number of hydrogen-bond donors (Lipinski definition) is 2. The van der Waals surface area contributed by atoms with Crippen LogP contribution in [0.3, 0.4) is 0 Å². The van der Waals surface area contributed by atoms with Gasteiger partial charge < -0.3 is 15.8 Å². The van der Waals surface area contributed by atoms with Crippen molar-refractivity contribution in [2.75, 3.05) is 27.3 Å². The van der Waals surface area contributed by atoms with Gasteiger partial charge in [-0.1, -0.05) is 6.92 Å². The summed E-state index contributed by atoms with van der Waals surface area (Å²) in [4.78, 5) is 13.8. The average molecular weight is 245 g/mol. The third-order valence-electron chi connectivity index (χ3n) is 2.94. The van der Waals surface area contributed by atoms with E-state index in [0.29, 0.717) is 13.2 Å². The predicted molar refractivity (Wildman–Crippen MR) is 69.8 cm³/mol. The van der Waals surface area contributed by atoms with Crippen LogP contribution in [0.5, 0.6) is 0 Å². The van der Waals surface area contributed by atoms with Crippen molar-refractivity contribution in [3.63, 3.8) is 0 Å². The Morgan fingerprint density at radius 3 is 2.53 bits per heavy atom. The molecular formula is C12H27N3O2. The number of amides is 1. The molecule has 0 heterocycles. The zero-order valence-corrected chi connectivity index (χ0v) is 11.7. The third-order valence-corrected chi connectivity index (χ3v) is 2.94. The third kappa shape index (κ3) is 6.61. The van der Waals surface area contributed by atoms with E-state index in [1.165, 1.54) is 0 Å². The van der Waals surface area contributed by atoms with Gasteiger partial charge in [0.15, 0.2) is 0 Å². The van der Waals surface area contributed by atoms with Crippen LogP contribution < -0.4 is 11.1 Å². The van der Waals surface area contributed by atoms with Gasteiger partial charge >= 0.3 is 0 Å². The number of nitrogens with two attached hydrogens (primary N) is 1. The molecule has 17 heavy (non-hydrogen) atoms. The number of carbonyl (C=O) groups is 1. The van der Waals surface area contributed by atoms with Gasteiger partial charge in [-0.2, -0.15) is 0 Å². The maximum absolute atomic E-state index is 11.9. The number of nitrogens with one attached hydrogen (secondary N) is 1. The second-order valence-electron chi connectivity index (χ2n) is 4.65. The highest BCUT2D eigenvalue weighted by atomic mass is 16.5. The van der Waals surface area contributed by atoms with E-state index in [9.17, 15) is 4.79 Å². The smallest absolute Gasteiger partial charge is 0.237 e. The Balaban J connectivity index is 4.10. The molecule has 0 aliphatic carbocycles. The summed E-state index contributed by atoms with van der Waals surface area (Å²) in [7, 11) is 3.52. The van der Waals surface area contributed by atoms with Crippen molar-refractivity contribution in [2.24, 2.45) is 5.73 Å². The molecule has 0 rings (SSSR count). The second kappa shape index (κ2) is 8.44. The number of carbonyl (C=O) groups excluding carboxylic acids is 1. The fraction of sp³-hybridized carbons (Fsp3) is 0.917. The Morgan fingerprint density at radius 2 is 2.06 bits per heavy atom. The quantitative estimate of drug-likeness (QED) is 0.641. The van der Waals surface area contributed by atoms with E-state index >= 15 is 0 Å². The molecule has 5 nitrogen and oxygen atoms in total. The first kappa shape index (κ1) is 16.4. The molecular weight excluding hydrogens is 218 g/mol. The number of rotatable bonds is 8. The lowest BCUT2D eigenvalue weighted by Gasteiger charge is -2.27. The second-order valence-corrected chi connectivity index (χ2v) is 4.65. The molecule has 5 heteroatoms. The molecule has 0 aromatic heterocycles. The summed E-state index contributed by atoms with van der Waals surface area (Å²) in [6.45, 7) is 7.08. The van der Waals surface area contributed by atoms with Gasteiger partial charge in [0.1, 0.15) is 0 Å². The van der Waals surface area contributed by atoms with Crippen molar-refractivity contribution >= 4 is 5.91 Å². The fourth-order valence-corrected chi connectivity index (χ4v) is 1.46. The molecule has 0 radical (unpaired) electrons. The highest BCUT2D eigenvalue weighted by Gasteiger charge is 2.20. The van der Waals surface area contributed by atoms with Crippen molar-refractivity contribution in [3.8, 4) is 0 Å². The number of nitrogens with zero attached hydrogens (tertiary/aromatic N) is 1. The fourth-order valence-electron chi connectivity index (χ4n) is 1.46. The Kier molecular flexibility index (Phi) is 8.12. The van der Waals surface area contributed by atoms with E-state index in [4.69, 9.17) is 10.5 Å². The molecule has 0 bridgehead atoms. The van der Waals surface area contributed by atoms with Crippen LogP contribution in [0.25, 0.3) is 0 Å². The van der Waals surface area contributed by atoms with Gasteiger partial charge in [-0.15, -0.1) is 0 Å². The van der Waals surface area contributed by atoms with Gasteiger partial charge in [0, 0.05) is 25.7 Å². The molecule has 3 atom stereocenters. The first-order valence-corrected chi connectivity index (χ1v) is 6.17. The SMILES string of the molecule is CCC(C)NC(=O)C(C)N(C)CC(N)COC. The van der Waals surface area contributed by atoms with Crippen molar-refractivity contribution in [2.45, 2.75) is 45.3 Å². The highest BCUT2D eigenvalue weighted by Crippen LogP contribution is 1.99. The molecule has 0 fully saturated rings. The molecule has 102 valence electrons. The van der Waals surface area contributed by atoms with E-state index < -0.39 is 0 Å². The molecule has 0 saturated carbocycles. The lowest BCUT2D eigenvalue weighted by molar-refractivity contribution is -0.126. The van der Waals surface area contributed by atoms with E-state index in [0.717, 1.165) is 6.42 Å². The molecule has 1 amide bonds. The van der Waals surface area contributed by atoms with Crippen LogP contribution in [0.2, 0.25) is 0 Å². The molecule has 0 aliphatic rings. The first-order chi connectivity index (χ1) is 7.92. The maximum atomic E-state index is 11.9. The van der Waals surface area contributed by atoms with Crippen LogP contribution >= 0.6 is 0 Å². The Hall–Kier alpha value is -0.650. The molecule has 0 spiro atoms. The zero-order valence-electron chi connectivity index (χ0n) is 11.7. The predicted octanol–water partition coefficient (Wildman–Crippen LogP) is 0.195. The van der Waals surface area contributed by atoms with Crippen molar-refractivity contribution in [1.82, 2.24) is 10.2 Å². The monoisotopic (exact) mass is 245 g/mol. The number of ether oxygens (including phenoxy) is 1. The van der Waals surface area contributed by atoms with Crippen LogP contribution in [-0.4, -0.2) is 56.2 Å². The Bertz CT molecular complexity index is 224. The topological polar surface area (TPSA) is 67.6 Å². The minimum Gasteiger partial charge on any atom is -0.383 e. The van der Waals surface area contributed by atoms with Gasteiger partial charge in [0.05, 0.1) is 12.6 Å².